The van der Waals surface area contributed by atoms with Gasteiger partial charge in [0.05, 0.1) is 13.7 Å². The average Bonchev–Trinajstić information content (AvgIpc) is 2.74. The maximum absolute atomic E-state index is 12.3. The van der Waals surface area contributed by atoms with E-state index in [4.69, 9.17) is 14.2 Å². The van der Waals surface area contributed by atoms with Crippen LogP contribution in [0.15, 0.2) is 78.9 Å². The van der Waals surface area contributed by atoms with Crippen molar-refractivity contribution in [1.82, 2.24) is 0 Å². The summed E-state index contributed by atoms with van der Waals surface area (Å²) in [5.41, 5.74) is 2.67. The van der Waals surface area contributed by atoms with Gasteiger partial charge in [-0.2, -0.15) is 0 Å². The Bertz CT molecular complexity index is 961. The van der Waals surface area contributed by atoms with Crippen LogP contribution in [-0.4, -0.2) is 19.7 Å². The number of hydrogen-bond donors (Lipinski definition) is 0. The Morgan fingerprint density at radius 2 is 1.64 bits per heavy atom. The van der Waals surface area contributed by atoms with E-state index >= 15 is 0 Å². The zero-order chi connectivity index (χ0) is 19.8. The van der Waals surface area contributed by atoms with Crippen LogP contribution in [0, 0.1) is 0 Å². The molecule has 0 amide bonds. The van der Waals surface area contributed by atoms with Crippen molar-refractivity contribution in [2.24, 2.45) is 0 Å². The number of rotatable bonds is 7. The van der Waals surface area contributed by atoms with Crippen molar-refractivity contribution in [3.05, 3.63) is 84.4 Å². The molecule has 0 heterocycles. The summed E-state index contributed by atoms with van der Waals surface area (Å²) in [6.07, 6.45) is 3.09. The minimum absolute atomic E-state index is 0.448. The molecule has 3 aromatic rings. The molecule has 0 spiro atoms. The van der Waals surface area contributed by atoms with Gasteiger partial charge in [-0.15, -0.1) is 0 Å². The highest BCUT2D eigenvalue weighted by Crippen LogP contribution is 2.30. The van der Waals surface area contributed by atoms with Gasteiger partial charge in [0.25, 0.3) is 0 Å². The van der Waals surface area contributed by atoms with Gasteiger partial charge in [-0.3, -0.25) is 0 Å². The van der Waals surface area contributed by atoms with Crippen LogP contribution in [0.1, 0.15) is 12.5 Å². The van der Waals surface area contributed by atoms with Gasteiger partial charge in [0.15, 0.2) is 11.5 Å². The molecule has 3 aromatic carbocycles. The lowest BCUT2D eigenvalue weighted by molar-refractivity contribution is -0.128. The van der Waals surface area contributed by atoms with Crippen LogP contribution in [0.4, 0.5) is 0 Å². The second-order valence-corrected chi connectivity index (χ2v) is 5.96. The molecule has 142 valence electrons. The van der Waals surface area contributed by atoms with Crippen molar-refractivity contribution < 1.29 is 19.0 Å². The molecule has 0 saturated carbocycles. The molecule has 0 fully saturated rings. The minimum Gasteiger partial charge on any atom is -0.493 e. The largest absolute Gasteiger partial charge is 0.493 e. The molecule has 4 nitrogen and oxygen atoms in total. The lowest BCUT2D eigenvalue weighted by atomic mass is 10.1. The standard InChI is InChI=1S/C24H22O4/c1-3-27-22-15-13-18(17-23(22)26-2)14-16-24(25)28-21-12-8-7-11-20(21)19-9-5-4-6-10-19/h4-17H,3H2,1-2H3/b16-14+. The first kappa shape index (κ1) is 19.2. The molecule has 0 aliphatic heterocycles. The Hall–Kier alpha value is -3.53. The highest BCUT2D eigenvalue weighted by Gasteiger charge is 2.09. The van der Waals surface area contributed by atoms with E-state index in [1.165, 1.54) is 6.08 Å². The van der Waals surface area contributed by atoms with Crippen molar-refractivity contribution in [2.75, 3.05) is 13.7 Å². The molecule has 0 saturated heterocycles. The summed E-state index contributed by atoms with van der Waals surface area (Å²) in [7, 11) is 1.58. The zero-order valence-electron chi connectivity index (χ0n) is 15.9. The maximum Gasteiger partial charge on any atom is 0.336 e. The molecule has 0 radical (unpaired) electrons. The van der Waals surface area contributed by atoms with Crippen LogP contribution >= 0.6 is 0 Å². The van der Waals surface area contributed by atoms with E-state index in [1.807, 2.05) is 73.7 Å². The van der Waals surface area contributed by atoms with Crippen molar-refractivity contribution in [1.29, 1.82) is 0 Å². The van der Waals surface area contributed by atoms with Gasteiger partial charge in [0.2, 0.25) is 0 Å². The summed E-state index contributed by atoms with van der Waals surface area (Å²) in [4.78, 5) is 12.3. The van der Waals surface area contributed by atoms with E-state index in [0.29, 0.717) is 23.9 Å². The number of hydrogen-bond acceptors (Lipinski definition) is 4. The minimum atomic E-state index is -0.448. The first-order chi connectivity index (χ1) is 13.7. The van der Waals surface area contributed by atoms with Crippen molar-refractivity contribution in [3.63, 3.8) is 0 Å². The number of benzene rings is 3. The van der Waals surface area contributed by atoms with Gasteiger partial charge < -0.3 is 14.2 Å². The lowest BCUT2D eigenvalue weighted by Gasteiger charge is -2.10. The van der Waals surface area contributed by atoms with E-state index in [-0.39, 0.29) is 0 Å². The fourth-order valence-electron chi connectivity index (χ4n) is 2.78. The molecule has 3 rings (SSSR count). The molecule has 0 bridgehead atoms. The summed E-state index contributed by atoms with van der Waals surface area (Å²) >= 11 is 0. The summed E-state index contributed by atoms with van der Waals surface area (Å²) in [6, 6.07) is 22.8. The third-order valence-electron chi connectivity index (χ3n) is 4.08. The first-order valence-electron chi connectivity index (χ1n) is 9.06. The average molecular weight is 374 g/mol. The number of methoxy groups -OCH3 is 1. The number of carbonyl (C=O) groups is 1. The molecular formula is C24H22O4. The van der Waals surface area contributed by atoms with E-state index in [2.05, 4.69) is 0 Å². The van der Waals surface area contributed by atoms with Gasteiger partial charge in [-0.1, -0.05) is 54.6 Å². The number of carbonyl (C=O) groups excluding carboxylic acids is 1. The van der Waals surface area contributed by atoms with Crippen LogP contribution in [0.3, 0.4) is 0 Å². The smallest absolute Gasteiger partial charge is 0.336 e. The Labute approximate surface area is 165 Å². The molecule has 28 heavy (non-hydrogen) atoms. The van der Waals surface area contributed by atoms with Gasteiger partial charge in [0.1, 0.15) is 5.75 Å². The number of para-hydroxylation sites is 1. The second kappa shape index (κ2) is 9.42. The number of ether oxygens (including phenoxy) is 3. The molecule has 0 aliphatic rings. The Morgan fingerprint density at radius 1 is 0.893 bits per heavy atom. The van der Waals surface area contributed by atoms with Crippen LogP contribution in [0.2, 0.25) is 0 Å². The summed E-state index contributed by atoms with van der Waals surface area (Å²) in [5.74, 6) is 1.36. The van der Waals surface area contributed by atoms with E-state index < -0.39 is 5.97 Å². The lowest BCUT2D eigenvalue weighted by Crippen LogP contribution is -2.04. The van der Waals surface area contributed by atoms with Crippen molar-refractivity contribution in [3.8, 4) is 28.4 Å². The Balaban J connectivity index is 1.75. The van der Waals surface area contributed by atoms with Crippen LogP contribution in [0.25, 0.3) is 17.2 Å². The quantitative estimate of drug-likeness (QED) is 0.316. The van der Waals surface area contributed by atoms with Gasteiger partial charge in [-0.05, 0) is 42.3 Å². The fraction of sp³-hybridized carbons (Fsp3) is 0.125. The second-order valence-electron chi connectivity index (χ2n) is 5.96. The van der Waals surface area contributed by atoms with E-state index in [1.54, 1.807) is 19.3 Å². The molecule has 4 heteroatoms. The topological polar surface area (TPSA) is 44.8 Å². The summed E-state index contributed by atoms with van der Waals surface area (Å²) in [6.45, 7) is 2.47. The van der Waals surface area contributed by atoms with Crippen LogP contribution < -0.4 is 14.2 Å². The maximum atomic E-state index is 12.3. The fourth-order valence-corrected chi connectivity index (χ4v) is 2.78. The molecule has 0 aromatic heterocycles. The predicted octanol–water partition coefficient (Wildman–Crippen LogP) is 5.38. The molecule has 0 N–H and O–H groups in total. The number of esters is 1. The Kier molecular flexibility index (Phi) is 6.47. The highest BCUT2D eigenvalue weighted by molar-refractivity contribution is 5.90. The third-order valence-corrected chi connectivity index (χ3v) is 4.08. The predicted molar refractivity (Wildman–Crippen MR) is 111 cm³/mol. The van der Waals surface area contributed by atoms with Gasteiger partial charge >= 0.3 is 5.97 Å². The zero-order valence-corrected chi connectivity index (χ0v) is 15.9. The normalized spacial score (nSPS) is 10.6. The molecular weight excluding hydrogens is 352 g/mol. The Morgan fingerprint density at radius 3 is 2.39 bits per heavy atom. The van der Waals surface area contributed by atoms with Gasteiger partial charge in [-0.25, -0.2) is 4.79 Å². The third kappa shape index (κ3) is 4.80. The molecule has 0 atom stereocenters. The van der Waals surface area contributed by atoms with Crippen LogP contribution in [0.5, 0.6) is 17.2 Å². The van der Waals surface area contributed by atoms with E-state index in [9.17, 15) is 4.79 Å². The summed E-state index contributed by atoms with van der Waals surface area (Å²) < 4.78 is 16.4. The SMILES string of the molecule is CCOc1ccc(/C=C/C(=O)Oc2ccccc2-c2ccccc2)cc1OC. The van der Waals surface area contributed by atoms with Crippen molar-refractivity contribution in [2.45, 2.75) is 6.92 Å². The van der Waals surface area contributed by atoms with Crippen LogP contribution in [-0.2, 0) is 4.79 Å². The van der Waals surface area contributed by atoms with E-state index in [0.717, 1.165) is 16.7 Å². The highest BCUT2D eigenvalue weighted by atomic mass is 16.5. The monoisotopic (exact) mass is 374 g/mol. The summed E-state index contributed by atoms with van der Waals surface area (Å²) in [5, 5.41) is 0. The first-order valence-corrected chi connectivity index (χ1v) is 9.06. The molecule has 0 unspecified atom stereocenters. The van der Waals surface area contributed by atoms with Gasteiger partial charge in [0, 0.05) is 11.6 Å². The van der Waals surface area contributed by atoms with Crippen molar-refractivity contribution >= 4 is 12.0 Å². The molecule has 0 aliphatic carbocycles.